The van der Waals surface area contributed by atoms with Crippen molar-refractivity contribution in [3.8, 4) is 11.1 Å². The number of aromatic nitrogens is 2. The number of hydrogen-bond donors (Lipinski definition) is 1. The molecule has 0 atom stereocenters. The summed E-state index contributed by atoms with van der Waals surface area (Å²) < 4.78 is 4.37. The van der Waals surface area contributed by atoms with E-state index in [0.717, 1.165) is 43.3 Å². The van der Waals surface area contributed by atoms with E-state index in [1.165, 1.54) is 29.4 Å². The molecular weight excluding hydrogens is 282 g/mol. The maximum atomic E-state index is 6.10. The van der Waals surface area contributed by atoms with Crippen molar-refractivity contribution in [1.29, 1.82) is 0 Å². The molecule has 2 aromatic rings. The summed E-state index contributed by atoms with van der Waals surface area (Å²) in [6.45, 7) is 4.42. The SMILES string of the molecule is Nc1nsc(N2CCN(C3CC3)CC2)c1-c1cccnc1. The molecule has 3 heterocycles. The molecule has 21 heavy (non-hydrogen) atoms. The van der Waals surface area contributed by atoms with E-state index in [1.807, 2.05) is 12.3 Å². The van der Waals surface area contributed by atoms with Gasteiger partial charge < -0.3 is 10.6 Å². The van der Waals surface area contributed by atoms with Crippen LogP contribution in [0.1, 0.15) is 12.8 Å². The van der Waals surface area contributed by atoms with Crippen LogP contribution in [0.15, 0.2) is 24.5 Å². The molecule has 6 heteroatoms. The Kier molecular flexibility index (Phi) is 3.27. The lowest BCUT2D eigenvalue weighted by molar-refractivity contribution is 0.248. The van der Waals surface area contributed by atoms with Crippen molar-refractivity contribution >= 4 is 22.4 Å². The monoisotopic (exact) mass is 301 g/mol. The lowest BCUT2D eigenvalue weighted by Crippen LogP contribution is -2.47. The minimum absolute atomic E-state index is 0.618. The molecule has 0 aromatic carbocycles. The van der Waals surface area contributed by atoms with Gasteiger partial charge in [-0.2, -0.15) is 4.37 Å². The van der Waals surface area contributed by atoms with Crippen LogP contribution in [0, 0.1) is 0 Å². The van der Waals surface area contributed by atoms with Crippen LogP contribution in [0.2, 0.25) is 0 Å². The number of pyridine rings is 1. The fourth-order valence-corrected chi connectivity index (χ4v) is 3.91. The molecule has 2 fully saturated rings. The second-order valence-electron chi connectivity index (χ2n) is 5.74. The van der Waals surface area contributed by atoms with Crippen LogP contribution >= 0.6 is 11.5 Å². The Morgan fingerprint density at radius 3 is 2.67 bits per heavy atom. The maximum absolute atomic E-state index is 6.10. The van der Waals surface area contributed by atoms with Crippen molar-refractivity contribution in [2.45, 2.75) is 18.9 Å². The molecule has 5 nitrogen and oxygen atoms in total. The Labute approximate surface area is 128 Å². The molecule has 0 amide bonds. The number of piperazine rings is 1. The molecule has 1 aliphatic heterocycles. The second-order valence-corrected chi connectivity index (χ2v) is 6.50. The Morgan fingerprint density at radius 1 is 1.19 bits per heavy atom. The molecule has 1 aliphatic carbocycles. The predicted molar refractivity (Wildman–Crippen MR) is 86.6 cm³/mol. The van der Waals surface area contributed by atoms with Crippen molar-refractivity contribution in [2.24, 2.45) is 0 Å². The van der Waals surface area contributed by atoms with Crippen LogP contribution in [0.4, 0.5) is 10.8 Å². The Balaban J connectivity index is 1.58. The summed E-state index contributed by atoms with van der Waals surface area (Å²) in [4.78, 5) is 9.25. The van der Waals surface area contributed by atoms with E-state index in [1.54, 1.807) is 6.20 Å². The highest BCUT2D eigenvalue weighted by molar-refractivity contribution is 7.11. The van der Waals surface area contributed by atoms with Crippen LogP contribution in [0.3, 0.4) is 0 Å². The van der Waals surface area contributed by atoms with E-state index in [9.17, 15) is 0 Å². The first kappa shape index (κ1) is 13.0. The predicted octanol–water partition coefficient (Wildman–Crippen LogP) is 2.07. The highest BCUT2D eigenvalue weighted by Gasteiger charge is 2.32. The van der Waals surface area contributed by atoms with E-state index in [4.69, 9.17) is 5.73 Å². The first-order valence-corrected chi connectivity index (χ1v) is 8.25. The highest BCUT2D eigenvalue weighted by atomic mass is 32.1. The third-order valence-electron chi connectivity index (χ3n) is 4.32. The van der Waals surface area contributed by atoms with Gasteiger partial charge in [0, 0.05) is 50.2 Å². The van der Waals surface area contributed by atoms with Crippen LogP contribution < -0.4 is 10.6 Å². The van der Waals surface area contributed by atoms with E-state index in [2.05, 4.69) is 25.2 Å². The summed E-state index contributed by atoms with van der Waals surface area (Å²) in [7, 11) is 0. The largest absolute Gasteiger partial charge is 0.382 e. The third-order valence-corrected chi connectivity index (χ3v) is 5.24. The van der Waals surface area contributed by atoms with Gasteiger partial charge in [0.15, 0.2) is 0 Å². The van der Waals surface area contributed by atoms with E-state index >= 15 is 0 Å². The minimum Gasteiger partial charge on any atom is -0.382 e. The minimum atomic E-state index is 0.618. The van der Waals surface area contributed by atoms with Gasteiger partial charge in [0.2, 0.25) is 0 Å². The average molecular weight is 301 g/mol. The van der Waals surface area contributed by atoms with Crippen LogP contribution in [-0.2, 0) is 0 Å². The fourth-order valence-electron chi connectivity index (χ4n) is 3.02. The second kappa shape index (κ2) is 5.27. The zero-order valence-corrected chi connectivity index (χ0v) is 12.7. The lowest BCUT2D eigenvalue weighted by atomic mass is 10.1. The van der Waals surface area contributed by atoms with Gasteiger partial charge in [-0.3, -0.25) is 9.88 Å². The first-order valence-electron chi connectivity index (χ1n) is 7.47. The fraction of sp³-hybridized carbons (Fsp3) is 0.467. The van der Waals surface area contributed by atoms with Crippen molar-refractivity contribution < 1.29 is 0 Å². The van der Waals surface area contributed by atoms with Crippen molar-refractivity contribution in [3.63, 3.8) is 0 Å². The molecule has 110 valence electrons. The number of nitrogen functional groups attached to an aromatic ring is 1. The summed E-state index contributed by atoms with van der Waals surface area (Å²) in [5.41, 5.74) is 8.21. The molecule has 1 saturated heterocycles. The van der Waals surface area contributed by atoms with Crippen LogP contribution in [0.25, 0.3) is 11.1 Å². The molecule has 4 rings (SSSR count). The number of rotatable bonds is 3. The standard InChI is InChI=1S/C15H19N5S/c16-14-13(11-2-1-5-17-10-11)15(21-18-14)20-8-6-19(7-9-20)12-3-4-12/h1-2,5,10,12H,3-4,6-9H2,(H2,16,18). The topological polar surface area (TPSA) is 58.3 Å². The van der Waals surface area contributed by atoms with Gasteiger partial charge >= 0.3 is 0 Å². The van der Waals surface area contributed by atoms with E-state index in [-0.39, 0.29) is 0 Å². The van der Waals surface area contributed by atoms with Gasteiger partial charge in [-0.15, -0.1) is 0 Å². The molecule has 1 saturated carbocycles. The molecule has 2 aliphatic rings. The summed E-state index contributed by atoms with van der Waals surface area (Å²) in [5, 5.41) is 1.19. The van der Waals surface area contributed by atoms with Gasteiger partial charge in [-0.1, -0.05) is 6.07 Å². The summed E-state index contributed by atoms with van der Waals surface area (Å²) in [5.74, 6) is 0.618. The zero-order valence-electron chi connectivity index (χ0n) is 11.9. The number of hydrogen-bond acceptors (Lipinski definition) is 6. The quantitative estimate of drug-likeness (QED) is 0.940. The Hall–Kier alpha value is -1.66. The third kappa shape index (κ3) is 2.49. The van der Waals surface area contributed by atoms with Crippen LogP contribution in [-0.4, -0.2) is 46.5 Å². The smallest absolute Gasteiger partial charge is 0.147 e. The Morgan fingerprint density at radius 2 is 2.00 bits per heavy atom. The number of nitrogens with two attached hydrogens (primary N) is 1. The van der Waals surface area contributed by atoms with Crippen LogP contribution in [0.5, 0.6) is 0 Å². The summed E-state index contributed by atoms with van der Waals surface area (Å²) in [6.07, 6.45) is 6.42. The number of anilines is 2. The molecule has 0 radical (unpaired) electrons. The molecule has 0 unspecified atom stereocenters. The molecule has 2 N–H and O–H groups in total. The van der Waals surface area contributed by atoms with Gasteiger partial charge in [-0.05, 0) is 30.4 Å². The molecule has 2 aromatic heterocycles. The van der Waals surface area contributed by atoms with Crippen molar-refractivity contribution in [1.82, 2.24) is 14.3 Å². The number of nitrogens with zero attached hydrogens (tertiary/aromatic N) is 4. The molecule has 0 bridgehead atoms. The molecular formula is C15H19N5S. The first-order chi connectivity index (χ1) is 10.3. The lowest BCUT2D eigenvalue weighted by Gasteiger charge is -2.35. The van der Waals surface area contributed by atoms with Gasteiger partial charge in [0.1, 0.15) is 10.8 Å². The summed E-state index contributed by atoms with van der Waals surface area (Å²) in [6, 6.07) is 4.86. The molecule has 0 spiro atoms. The normalized spacial score (nSPS) is 19.9. The maximum Gasteiger partial charge on any atom is 0.147 e. The summed E-state index contributed by atoms with van der Waals surface area (Å²) >= 11 is 1.51. The van der Waals surface area contributed by atoms with E-state index in [0.29, 0.717) is 5.82 Å². The van der Waals surface area contributed by atoms with Crippen molar-refractivity contribution in [3.05, 3.63) is 24.5 Å². The zero-order chi connectivity index (χ0) is 14.2. The van der Waals surface area contributed by atoms with Gasteiger partial charge in [-0.25, -0.2) is 0 Å². The van der Waals surface area contributed by atoms with Gasteiger partial charge in [0.25, 0.3) is 0 Å². The van der Waals surface area contributed by atoms with E-state index < -0.39 is 0 Å². The van der Waals surface area contributed by atoms with Gasteiger partial charge in [0.05, 0.1) is 5.56 Å². The Bertz CT molecular complexity index is 614. The average Bonchev–Trinajstić information content (AvgIpc) is 3.31. The highest BCUT2D eigenvalue weighted by Crippen LogP contribution is 2.39. The van der Waals surface area contributed by atoms with Crippen molar-refractivity contribution in [2.75, 3.05) is 36.8 Å².